The molecule has 3 heteroatoms. The van der Waals surface area contributed by atoms with E-state index in [9.17, 15) is 0 Å². The molecule has 0 N–H and O–H groups in total. The van der Waals surface area contributed by atoms with Crippen LogP contribution < -0.4 is 9.80 Å². The minimum absolute atomic E-state index is 0.121. The molecule has 1 heterocycles. The lowest BCUT2D eigenvalue weighted by molar-refractivity contribution is 0.660. The number of furan rings is 1. The Morgan fingerprint density at radius 1 is 0.356 bits per heavy atom. The van der Waals surface area contributed by atoms with Gasteiger partial charge in [0.25, 0.3) is 0 Å². The number of para-hydroxylation sites is 3. The maximum atomic E-state index is 7.06. The van der Waals surface area contributed by atoms with E-state index in [0.29, 0.717) is 0 Å². The maximum absolute atomic E-state index is 7.06. The first-order valence-corrected chi connectivity index (χ1v) is 25.3. The molecule has 0 saturated heterocycles. The molecule has 13 rings (SSSR count). The van der Waals surface area contributed by atoms with Gasteiger partial charge in [0.2, 0.25) is 0 Å². The molecule has 0 fully saturated rings. The zero-order chi connectivity index (χ0) is 48.9. The number of fused-ring (bicyclic) bond motifs is 6. The van der Waals surface area contributed by atoms with E-state index in [1.165, 1.54) is 50.2 Å². The third-order valence-corrected chi connectivity index (χ3v) is 14.9. The van der Waals surface area contributed by atoms with E-state index in [1.807, 2.05) is 0 Å². The molecule has 1 aromatic heterocycles. The Balaban J connectivity index is 0.855. The molecule has 0 amide bonds. The molecule has 0 atom stereocenters. The topological polar surface area (TPSA) is 19.6 Å². The van der Waals surface area contributed by atoms with Gasteiger partial charge in [-0.1, -0.05) is 214 Å². The Hall–Kier alpha value is -9.18. The predicted molar refractivity (Wildman–Crippen MR) is 307 cm³/mol. The summed E-state index contributed by atoms with van der Waals surface area (Å²) in [4.78, 5) is 4.75. The summed E-state index contributed by atoms with van der Waals surface area (Å²) in [7, 11) is 0. The van der Waals surface area contributed by atoms with Gasteiger partial charge in [0, 0.05) is 67.9 Å². The Morgan fingerprint density at radius 3 is 1.45 bits per heavy atom. The van der Waals surface area contributed by atoms with Crippen LogP contribution >= 0.6 is 0 Å². The van der Waals surface area contributed by atoms with Crippen LogP contribution in [0, 0.1) is 0 Å². The van der Waals surface area contributed by atoms with Gasteiger partial charge in [0.05, 0.1) is 0 Å². The highest BCUT2D eigenvalue weighted by molar-refractivity contribution is 6.12. The van der Waals surface area contributed by atoms with Gasteiger partial charge in [-0.15, -0.1) is 0 Å². The second-order valence-electron chi connectivity index (χ2n) is 19.6. The summed E-state index contributed by atoms with van der Waals surface area (Å²) in [6, 6.07) is 87.4. The quantitative estimate of drug-likeness (QED) is 0.136. The van der Waals surface area contributed by atoms with E-state index < -0.39 is 0 Å². The van der Waals surface area contributed by atoms with Crippen LogP contribution in [0.1, 0.15) is 37.0 Å². The standard InChI is InChI=1S/C70H52N2O/c1-70(2)66-30-13-12-25-62(66)63-46-45-59(47-67(63)70)72(58-40-33-51(34-41-58)49-19-8-4-9-20-49)55-24-14-21-52(35-42-55)60-26-15-28-64-65-29-16-27-61(69(65)73-68(60)64)53-36-43-57(44-37-53)71(54-22-10-5-11-23-54)56-38-31-50(32-39-56)48-17-6-3-7-18-48/h3-23,25-47H,24H2,1-2H3. The van der Waals surface area contributed by atoms with Gasteiger partial charge in [0.1, 0.15) is 11.2 Å². The summed E-state index contributed by atoms with van der Waals surface area (Å²) in [5.41, 5.74) is 22.9. The first-order valence-electron chi connectivity index (χ1n) is 25.3. The molecule has 2 aliphatic carbocycles. The largest absolute Gasteiger partial charge is 0.455 e. The van der Waals surface area contributed by atoms with Crippen molar-refractivity contribution >= 4 is 55.9 Å². The number of rotatable bonds is 10. The summed E-state index contributed by atoms with van der Waals surface area (Å²) >= 11 is 0. The number of anilines is 5. The highest BCUT2D eigenvalue weighted by Gasteiger charge is 2.36. The second kappa shape index (κ2) is 18.2. The van der Waals surface area contributed by atoms with E-state index >= 15 is 0 Å². The lowest BCUT2D eigenvalue weighted by Crippen LogP contribution is -2.19. The van der Waals surface area contributed by atoms with Crippen LogP contribution in [0.4, 0.5) is 28.4 Å². The molecule has 0 spiro atoms. The van der Waals surface area contributed by atoms with Gasteiger partial charge in [-0.25, -0.2) is 0 Å². The Labute approximate surface area is 427 Å². The van der Waals surface area contributed by atoms with Crippen LogP contribution in [-0.4, -0.2) is 0 Å². The normalized spacial score (nSPS) is 13.5. The van der Waals surface area contributed by atoms with Gasteiger partial charge in [-0.05, 0) is 122 Å². The molecule has 10 aromatic carbocycles. The van der Waals surface area contributed by atoms with E-state index in [0.717, 1.165) is 79.1 Å². The van der Waals surface area contributed by atoms with Crippen LogP contribution in [0.5, 0.6) is 0 Å². The van der Waals surface area contributed by atoms with Crippen molar-refractivity contribution in [3.05, 3.63) is 289 Å². The third kappa shape index (κ3) is 7.87. The van der Waals surface area contributed by atoms with E-state index in [4.69, 9.17) is 4.42 Å². The Morgan fingerprint density at radius 2 is 0.822 bits per heavy atom. The third-order valence-electron chi connectivity index (χ3n) is 14.9. The van der Waals surface area contributed by atoms with Crippen molar-refractivity contribution in [2.75, 3.05) is 9.80 Å². The minimum Gasteiger partial charge on any atom is -0.455 e. The molecule has 0 radical (unpaired) electrons. The monoisotopic (exact) mass is 936 g/mol. The molecule has 2 aliphatic rings. The van der Waals surface area contributed by atoms with E-state index in [2.05, 4.69) is 291 Å². The molecule has 0 saturated carbocycles. The Kier molecular flexibility index (Phi) is 10.9. The fourth-order valence-electron chi connectivity index (χ4n) is 11.2. The fraction of sp³-hybridized carbons (Fsp3) is 0.0571. The fourth-order valence-corrected chi connectivity index (χ4v) is 11.2. The van der Waals surface area contributed by atoms with E-state index in [1.54, 1.807) is 0 Å². The summed E-state index contributed by atoms with van der Waals surface area (Å²) in [6.45, 7) is 4.71. The summed E-state index contributed by atoms with van der Waals surface area (Å²) < 4.78 is 7.06. The van der Waals surface area contributed by atoms with Crippen molar-refractivity contribution < 1.29 is 4.42 Å². The van der Waals surface area contributed by atoms with Crippen LogP contribution in [0.15, 0.2) is 277 Å². The number of benzene rings is 10. The highest BCUT2D eigenvalue weighted by atomic mass is 16.3. The van der Waals surface area contributed by atoms with Crippen molar-refractivity contribution in [1.29, 1.82) is 0 Å². The molecular formula is C70H52N2O. The molecule has 348 valence electrons. The molecule has 11 aromatic rings. The first kappa shape index (κ1) is 43.8. The maximum Gasteiger partial charge on any atom is 0.143 e. The number of allylic oxidation sites excluding steroid dienone is 5. The Bertz CT molecular complexity index is 3920. The SMILES string of the molecule is CC1(C)c2ccccc2-c2ccc(N(C3=CC=C(c4cccc5c4oc4c(-c6ccc(N(c7ccccc7)c7ccc(-c8ccccc8)cc7)cc6)cccc45)C=CC3)c3ccc(-c4ccccc4)cc3)cc21. The molecule has 0 aliphatic heterocycles. The number of hydrogen-bond acceptors (Lipinski definition) is 3. The van der Waals surface area contributed by atoms with Crippen molar-refractivity contribution in [3.8, 4) is 44.5 Å². The molecule has 0 unspecified atom stereocenters. The lowest BCUT2D eigenvalue weighted by atomic mass is 9.82. The summed E-state index contributed by atoms with van der Waals surface area (Å²) in [5.74, 6) is 0. The van der Waals surface area contributed by atoms with Crippen LogP contribution in [0.25, 0.3) is 72.0 Å². The smallest absolute Gasteiger partial charge is 0.143 e. The van der Waals surface area contributed by atoms with Gasteiger partial charge in [-0.2, -0.15) is 0 Å². The van der Waals surface area contributed by atoms with Gasteiger partial charge in [-0.3, -0.25) is 0 Å². The number of nitrogens with zero attached hydrogens (tertiary/aromatic N) is 2. The number of hydrogen-bond donors (Lipinski definition) is 0. The molecular weight excluding hydrogens is 885 g/mol. The summed E-state index contributed by atoms with van der Waals surface area (Å²) in [5, 5.41) is 2.20. The molecule has 0 bridgehead atoms. The highest BCUT2D eigenvalue weighted by Crippen LogP contribution is 2.51. The van der Waals surface area contributed by atoms with Crippen molar-refractivity contribution in [2.24, 2.45) is 0 Å². The van der Waals surface area contributed by atoms with Crippen LogP contribution in [-0.2, 0) is 5.41 Å². The average molecular weight is 937 g/mol. The molecule has 3 nitrogen and oxygen atoms in total. The second-order valence-corrected chi connectivity index (χ2v) is 19.6. The summed E-state index contributed by atoms with van der Waals surface area (Å²) in [6.07, 6.45) is 9.88. The molecule has 73 heavy (non-hydrogen) atoms. The van der Waals surface area contributed by atoms with Gasteiger partial charge in [0.15, 0.2) is 0 Å². The zero-order valence-corrected chi connectivity index (χ0v) is 40.9. The minimum atomic E-state index is -0.121. The van der Waals surface area contributed by atoms with Crippen molar-refractivity contribution in [3.63, 3.8) is 0 Å². The lowest BCUT2D eigenvalue weighted by Gasteiger charge is -2.29. The zero-order valence-electron chi connectivity index (χ0n) is 40.9. The van der Waals surface area contributed by atoms with Crippen molar-refractivity contribution in [2.45, 2.75) is 25.7 Å². The van der Waals surface area contributed by atoms with Gasteiger partial charge < -0.3 is 14.2 Å². The first-order chi connectivity index (χ1) is 36.0. The van der Waals surface area contributed by atoms with Gasteiger partial charge >= 0.3 is 0 Å². The van der Waals surface area contributed by atoms with E-state index in [-0.39, 0.29) is 5.41 Å². The average Bonchev–Trinajstić information content (AvgIpc) is 3.82. The van der Waals surface area contributed by atoms with Crippen LogP contribution in [0.3, 0.4) is 0 Å². The van der Waals surface area contributed by atoms with Crippen molar-refractivity contribution in [1.82, 2.24) is 0 Å². The van der Waals surface area contributed by atoms with Crippen LogP contribution in [0.2, 0.25) is 0 Å². The predicted octanol–water partition coefficient (Wildman–Crippen LogP) is 19.4.